The largest absolute Gasteiger partial charge is 0.305 e. The second-order valence-electron chi connectivity index (χ2n) is 6.97. The van der Waals surface area contributed by atoms with E-state index in [0.29, 0.717) is 0 Å². The Bertz CT molecular complexity index is 1330. The lowest BCUT2D eigenvalue weighted by molar-refractivity contribution is 0.842. The average Bonchev–Trinajstić information content (AvgIpc) is 2.78. The standard InChI is InChI=1S/C25H15N3/c1-2-7-17(8-3-1)22-11-6-12-23-20-15-18-9-4-5-10-19(18)16-21(20)24-25(28(22)23)27-14-13-26-24/h1-5,7-11,13-16,23H. The van der Waals surface area contributed by atoms with E-state index in [-0.39, 0.29) is 6.04 Å². The fourth-order valence-electron chi connectivity index (χ4n) is 4.13. The van der Waals surface area contributed by atoms with Crippen molar-refractivity contribution >= 4 is 22.3 Å². The number of aromatic nitrogens is 2. The van der Waals surface area contributed by atoms with E-state index in [1.165, 1.54) is 16.3 Å². The predicted octanol–water partition coefficient (Wildman–Crippen LogP) is 5.22. The summed E-state index contributed by atoms with van der Waals surface area (Å²) in [6.45, 7) is 0. The molecule has 6 rings (SSSR count). The van der Waals surface area contributed by atoms with Crippen molar-refractivity contribution in [3.8, 4) is 23.1 Å². The summed E-state index contributed by atoms with van der Waals surface area (Å²) >= 11 is 0. The third kappa shape index (κ3) is 2.12. The number of rotatable bonds is 1. The van der Waals surface area contributed by atoms with Gasteiger partial charge in [-0.05, 0) is 34.0 Å². The van der Waals surface area contributed by atoms with Gasteiger partial charge in [0.25, 0.3) is 0 Å². The number of anilines is 1. The SMILES string of the molecule is C1#CC2c3cc4ccccc4cc3-c3nccnc3N2C(c2ccccc2)=C1. The summed E-state index contributed by atoms with van der Waals surface area (Å²) in [6.07, 6.45) is 5.50. The van der Waals surface area contributed by atoms with Gasteiger partial charge in [0.15, 0.2) is 5.82 Å². The highest BCUT2D eigenvalue weighted by Crippen LogP contribution is 2.47. The van der Waals surface area contributed by atoms with Gasteiger partial charge in [0.05, 0.1) is 5.70 Å². The Morgan fingerprint density at radius 2 is 1.57 bits per heavy atom. The molecule has 0 aliphatic carbocycles. The molecule has 0 spiro atoms. The maximum absolute atomic E-state index is 4.71. The summed E-state index contributed by atoms with van der Waals surface area (Å²) in [5, 5.41) is 2.42. The highest BCUT2D eigenvalue weighted by Gasteiger charge is 2.35. The molecule has 3 aromatic carbocycles. The van der Waals surface area contributed by atoms with E-state index in [4.69, 9.17) is 9.97 Å². The first kappa shape index (κ1) is 15.2. The minimum Gasteiger partial charge on any atom is -0.305 e. The molecule has 0 radical (unpaired) electrons. The van der Waals surface area contributed by atoms with Crippen LogP contribution in [-0.2, 0) is 0 Å². The van der Waals surface area contributed by atoms with Crippen LogP contribution in [0.1, 0.15) is 17.2 Å². The number of allylic oxidation sites excluding steroid dienone is 1. The third-order valence-corrected chi connectivity index (χ3v) is 5.39. The minimum atomic E-state index is -0.0796. The third-order valence-electron chi connectivity index (χ3n) is 5.39. The molecule has 1 unspecified atom stereocenters. The van der Waals surface area contributed by atoms with Gasteiger partial charge in [-0.2, -0.15) is 0 Å². The zero-order chi connectivity index (χ0) is 18.5. The lowest BCUT2D eigenvalue weighted by atomic mass is 9.88. The molecule has 0 bridgehead atoms. The molecule has 0 fully saturated rings. The molecule has 0 amide bonds. The smallest absolute Gasteiger partial charge is 0.161 e. The van der Waals surface area contributed by atoms with E-state index in [0.717, 1.165) is 28.3 Å². The van der Waals surface area contributed by atoms with Crippen LogP contribution >= 0.6 is 0 Å². The zero-order valence-electron chi connectivity index (χ0n) is 15.0. The Kier molecular flexibility index (Phi) is 3.15. The molecule has 130 valence electrons. The highest BCUT2D eigenvalue weighted by atomic mass is 15.2. The molecule has 2 aliphatic heterocycles. The van der Waals surface area contributed by atoms with Crippen LogP contribution < -0.4 is 4.90 Å². The van der Waals surface area contributed by atoms with Gasteiger partial charge in [-0.25, -0.2) is 4.98 Å². The van der Waals surface area contributed by atoms with Crippen LogP contribution in [0.3, 0.4) is 0 Å². The maximum atomic E-state index is 4.71. The summed E-state index contributed by atoms with van der Waals surface area (Å²) in [4.78, 5) is 11.6. The Morgan fingerprint density at radius 1 is 0.821 bits per heavy atom. The fourth-order valence-corrected chi connectivity index (χ4v) is 4.13. The van der Waals surface area contributed by atoms with Crippen LogP contribution in [0.2, 0.25) is 0 Å². The van der Waals surface area contributed by atoms with Crippen LogP contribution in [0.5, 0.6) is 0 Å². The van der Waals surface area contributed by atoms with Crippen molar-refractivity contribution in [2.75, 3.05) is 4.90 Å². The van der Waals surface area contributed by atoms with Crippen LogP contribution in [0.4, 0.5) is 5.82 Å². The topological polar surface area (TPSA) is 29.0 Å². The summed E-state index contributed by atoms with van der Waals surface area (Å²) in [6, 6.07) is 23.2. The van der Waals surface area contributed by atoms with Crippen LogP contribution in [0, 0.1) is 11.8 Å². The van der Waals surface area contributed by atoms with Crippen molar-refractivity contribution in [2.24, 2.45) is 0 Å². The second-order valence-corrected chi connectivity index (χ2v) is 6.97. The predicted molar refractivity (Wildman–Crippen MR) is 112 cm³/mol. The van der Waals surface area contributed by atoms with Crippen molar-refractivity contribution in [1.82, 2.24) is 9.97 Å². The van der Waals surface area contributed by atoms with Crippen molar-refractivity contribution in [2.45, 2.75) is 6.04 Å². The van der Waals surface area contributed by atoms with E-state index < -0.39 is 0 Å². The van der Waals surface area contributed by atoms with Crippen molar-refractivity contribution in [3.05, 3.63) is 96.3 Å². The molecular weight excluding hydrogens is 342 g/mol. The molecule has 3 heterocycles. The van der Waals surface area contributed by atoms with E-state index in [9.17, 15) is 0 Å². The van der Waals surface area contributed by atoms with Gasteiger partial charge < -0.3 is 4.90 Å². The molecule has 2 aliphatic rings. The number of fused-ring (bicyclic) bond motifs is 7. The number of hydrogen-bond acceptors (Lipinski definition) is 3. The molecule has 28 heavy (non-hydrogen) atoms. The van der Waals surface area contributed by atoms with E-state index in [2.05, 4.69) is 77.4 Å². The zero-order valence-corrected chi connectivity index (χ0v) is 15.0. The Hall–Kier alpha value is -3.90. The first-order valence-corrected chi connectivity index (χ1v) is 9.30. The molecule has 1 aromatic heterocycles. The first-order valence-electron chi connectivity index (χ1n) is 9.30. The van der Waals surface area contributed by atoms with Crippen LogP contribution in [-0.4, -0.2) is 9.97 Å². The average molecular weight is 357 g/mol. The normalized spacial score (nSPS) is 16.4. The van der Waals surface area contributed by atoms with Gasteiger partial charge in [0.2, 0.25) is 0 Å². The number of hydrogen-bond donors (Lipinski definition) is 0. The van der Waals surface area contributed by atoms with Gasteiger partial charge in [0.1, 0.15) is 11.7 Å². The van der Waals surface area contributed by atoms with Gasteiger partial charge in [-0.15, -0.1) is 0 Å². The molecule has 3 nitrogen and oxygen atoms in total. The van der Waals surface area contributed by atoms with Crippen molar-refractivity contribution in [1.29, 1.82) is 0 Å². The van der Waals surface area contributed by atoms with E-state index in [1.807, 2.05) is 12.1 Å². The van der Waals surface area contributed by atoms with Crippen molar-refractivity contribution < 1.29 is 0 Å². The highest BCUT2D eigenvalue weighted by molar-refractivity contribution is 5.97. The molecule has 1 atom stereocenters. The number of benzene rings is 3. The summed E-state index contributed by atoms with van der Waals surface area (Å²) in [7, 11) is 0. The van der Waals surface area contributed by atoms with E-state index >= 15 is 0 Å². The Balaban J connectivity index is 1.65. The molecular formula is C25H15N3. The molecule has 0 saturated heterocycles. The molecule has 3 heteroatoms. The fraction of sp³-hybridized carbons (Fsp3) is 0.0400. The Morgan fingerprint density at radius 3 is 2.43 bits per heavy atom. The number of nitrogens with zero attached hydrogens (tertiary/aromatic N) is 3. The second kappa shape index (κ2) is 5.80. The minimum absolute atomic E-state index is 0.0796. The monoisotopic (exact) mass is 357 g/mol. The molecule has 4 aromatic rings. The van der Waals surface area contributed by atoms with Gasteiger partial charge in [-0.1, -0.05) is 66.4 Å². The van der Waals surface area contributed by atoms with Gasteiger partial charge >= 0.3 is 0 Å². The summed E-state index contributed by atoms with van der Waals surface area (Å²) < 4.78 is 0. The van der Waals surface area contributed by atoms with E-state index in [1.54, 1.807) is 12.4 Å². The van der Waals surface area contributed by atoms with Gasteiger partial charge in [-0.3, -0.25) is 4.98 Å². The lowest BCUT2D eigenvalue weighted by Crippen LogP contribution is -2.32. The van der Waals surface area contributed by atoms with Crippen LogP contribution in [0.15, 0.2) is 85.2 Å². The van der Waals surface area contributed by atoms with Crippen LogP contribution in [0.25, 0.3) is 27.7 Å². The first-order chi connectivity index (χ1) is 13.9. The molecule has 0 saturated carbocycles. The summed E-state index contributed by atoms with van der Waals surface area (Å²) in [5.41, 5.74) is 5.39. The Labute approximate surface area is 163 Å². The lowest BCUT2D eigenvalue weighted by Gasteiger charge is -2.38. The quantitative estimate of drug-likeness (QED) is 0.438. The van der Waals surface area contributed by atoms with Crippen molar-refractivity contribution in [3.63, 3.8) is 0 Å². The summed E-state index contributed by atoms with van der Waals surface area (Å²) in [5.74, 6) is 7.53. The molecule has 0 N–H and O–H groups in total. The van der Waals surface area contributed by atoms with Gasteiger partial charge in [0, 0.05) is 24.0 Å². The maximum Gasteiger partial charge on any atom is 0.161 e.